The van der Waals surface area contributed by atoms with Gasteiger partial charge < -0.3 is 10.1 Å². The Morgan fingerprint density at radius 3 is 2.28 bits per heavy atom. The highest BCUT2D eigenvalue weighted by molar-refractivity contribution is 7.92. The Balaban J connectivity index is 1.92. The summed E-state index contributed by atoms with van der Waals surface area (Å²) in [5.74, 6) is 0.240. The zero-order chi connectivity index (χ0) is 23.3. The summed E-state index contributed by atoms with van der Waals surface area (Å²) in [7, 11) is -2.37. The normalized spacial score (nSPS) is 12.1. The molecular formula is C25H28N2O4S. The van der Waals surface area contributed by atoms with Gasteiger partial charge in [-0.05, 0) is 62.2 Å². The van der Waals surface area contributed by atoms with Gasteiger partial charge in [-0.1, -0.05) is 42.5 Å². The second kappa shape index (κ2) is 9.87. The van der Waals surface area contributed by atoms with Crippen LogP contribution in [0.4, 0.5) is 5.69 Å². The fraction of sp³-hybridized carbons (Fsp3) is 0.240. The van der Waals surface area contributed by atoms with Crippen LogP contribution in [0.2, 0.25) is 0 Å². The molecule has 32 heavy (non-hydrogen) atoms. The summed E-state index contributed by atoms with van der Waals surface area (Å²) >= 11 is 0. The van der Waals surface area contributed by atoms with Crippen molar-refractivity contribution in [2.45, 2.75) is 31.7 Å². The Hall–Kier alpha value is -3.32. The molecular weight excluding hydrogens is 424 g/mol. The van der Waals surface area contributed by atoms with E-state index in [9.17, 15) is 13.2 Å². The average molecular weight is 453 g/mol. The topological polar surface area (TPSA) is 75.7 Å². The molecule has 0 aliphatic rings. The monoisotopic (exact) mass is 452 g/mol. The predicted molar refractivity (Wildman–Crippen MR) is 126 cm³/mol. The van der Waals surface area contributed by atoms with Crippen molar-refractivity contribution in [3.8, 4) is 5.75 Å². The number of ether oxygens (including phenoxy) is 1. The van der Waals surface area contributed by atoms with Crippen molar-refractivity contribution in [1.29, 1.82) is 0 Å². The standard InChI is InChI=1S/C25H28N2O4S/c1-18-14-15-21(16-19(18)2)27(32(29,30)22-10-6-5-7-11-22)17-25(28)26-20(3)23-12-8-9-13-24(23)31-4/h5-16,20H,17H2,1-4H3,(H,26,28)/t20-/m0/s1. The number of benzene rings is 3. The number of para-hydroxylation sites is 1. The summed E-state index contributed by atoms with van der Waals surface area (Å²) in [6.45, 7) is 5.35. The van der Waals surface area contributed by atoms with Crippen molar-refractivity contribution in [1.82, 2.24) is 5.32 Å². The zero-order valence-corrected chi connectivity index (χ0v) is 19.5. The van der Waals surface area contributed by atoms with Crippen molar-refractivity contribution in [3.63, 3.8) is 0 Å². The van der Waals surface area contributed by atoms with Crippen LogP contribution in [0.25, 0.3) is 0 Å². The van der Waals surface area contributed by atoms with Crippen LogP contribution >= 0.6 is 0 Å². The molecule has 1 atom stereocenters. The molecule has 0 unspecified atom stereocenters. The third-order valence-corrected chi connectivity index (χ3v) is 7.17. The average Bonchev–Trinajstić information content (AvgIpc) is 2.79. The maximum atomic E-state index is 13.4. The van der Waals surface area contributed by atoms with Gasteiger partial charge in [0.25, 0.3) is 10.0 Å². The lowest BCUT2D eigenvalue weighted by atomic mass is 10.1. The SMILES string of the molecule is COc1ccccc1[C@H](C)NC(=O)CN(c1ccc(C)c(C)c1)S(=O)(=O)c1ccccc1. The van der Waals surface area contributed by atoms with Gasteiger partial charge >= 0.3 is 0 Å². The van der Waals surface area contributed by atoms with Crippen molar-refractivity contribution < 1.29 is 17.9 Å². The zero-order valence-electron chi connectivity index (χ0n) is 18.7. The van der Waals surface area contributed by atoms with Crippen LogP contribution in [0.15, 0.2) is 77.7 Å². The Kier molecular flexibility index (Phi) is 7.20. The number of sulfonamides is 1. The summed E-state index contributed by atoms with van der Waals surface area (Å²) < 4.78 is 33.4. The molecule has 0 saturated carbocycles. The molecule has 3 aromatic carbocycles. The molecule has 0 aliphatic carbocycles. The summed E-state index contributed by atoms with van der Waals surface area (Å²) in [6.07, 6.45) is 0. The Bertz CT molecular complexity index is 1190. The Labute approximate surface area is 189 Å². The summed E-state index contributed by atoms with van der Waals surface area (Å²) in [6, 6.07) is 20.5. The molecule has 0 saturated heterocycles. The summed E-state index contributed by atoms with van der Waals surface area (Å²) in [5.41, 5.74) is 3.24. The van der Waals surface area contributed by atoms with Gasteiger partial charge in [-0.2, -0.15) is 0 Å². The van der Waals surface area contributed by atoms with Crippen LogP contribution in [-0.2, 0) is 14.8 Å². The summed E-state index contributed by atoms with van der Waals surface area (Å²) in [4.78, 5) is 13.1. The quantitative estimate of drug-likeness (QED) is 0.550. The molecule has 168 valence electrons. The highest BCUT2D eigenvalue weighted by Crippen LogP contribution is 2.27. The number of methoxy groups -OCH3 is 1. The van der Waals surface area contributed by atoms with E-state index >= 15 is 0 Å². The fourth-order valence-electron chi connectivity index (χ4n) is 3.43. The van der Waals surface area contributed by atoms with Gasteiger partial charge in [0, 0.05) is 5.56 Å². The third kappa shape index (κ3) is 5.11. The van der Waals surface area contributed by atoms with Crippen LogP contribution in [0.5, 0.6) is 5.75 Å². The second-order valence-corrected chi connectivity index (χ2v) is 9.49. The van der Waals surface area contributed by atoms with E-state index in [1.54, 1.807) is 37.4 Å². The van der Waals surface area contributed by atoms with Crippen LogP contribution in [0.3, 0.4) is 0 Å². The van der Waals surface area contributed by atoms with Gasteiger partial charge in [0.05, 0.1) is 23.7 Å². The van der Waals surface area contributed by atoms with E-state index < -0.39 is 15.9 Å². The molecule has 0 aliphatic heterocycles. The lowest BCUT2D eigenvalue weighted by molar-refractivity contribution is -0.120. The Morgan fingerprint density at radius 1 is 0.969 bits per heavy atom. The van der Waals surface area contributed by atoms with E-state index in [0.29, 0.717) is 11.4 Å². The van der Waals surface area contributed by atoms with Gasteiger partial charge in [0.2, 0.25) is 5.91 Å². The lowest BCUT2D eigenvalue weighted by Crippen LogP contribution is -2.41. The van der Waals surface area contributed by atoms with Gasteiger partial charge in [-0.15, -0.1) is 0 Å². The summed E-state index contributed by atoms with van der Waals surface area (Å²) in [5, 5.41) is 2.90. The first-order valence-corrected chi connectivity index (χ1v) is 11.8. The highest BCUT2D eigenvalue weighted by atomic mass is 32.2. The largest absolute Gasteiger partial charge is 0.496 e. The van der Waals surface area contributed by atoms with Crippen molar-refractivity contribution in [2.75, 3.05) is 18.0 Å². The van der Waals surface area contributed by atoms with Crippen LogP contribution in [0, 0.1) is 13.8 Å². The predicted octanol–water partition coefficient (Wildman–Crippen LogP) is 4.38. The third-order valence-electron chi connectivity index (χ3n) is 5.38. The number of nitrogens with zero attached hydrogens (tertiary/aromatic N) is 1. The van der Waals surface area contributed by atoms with Crippen LogP contribution < -0.4 is 14.4 Å². The molecule has 0 radical (unpaired) electrons. The number of rotatable bonds is 8. The smallest absolute Gasteiger partial charge is 0.264 e. The van der Waals surface area contributed by atoms with Crippen LogP contribution in [-0.4, -0.2) is 28.0 Å². The minimum atomic E-state index is -3.94. The van der Waals surface area contributed by atoms with Crippen molar-refractivity contribution >= 4 is 21.6 Å². The highest BCUT2D eigenvalue weighted by Gasteiger charge is 2.28. The molecule has 3 rings (SSSR count). The number of hydrogen-bond acceptors (Lipinski definition) is 4. The number of amides is 1. The number of anilines is 1. The number of hydrogen-bond donors (Lipinski definition) is 1. The van der Waals surface area contributed by atoms with E-state index in [4.69, 9.17) is 4.74 Å². The van der Waals surface area contributed by atoms with Crippen LogP contribution in [0.1, 0.15) is 29.7 Å². The van der Waals surface area contributed by atoms with E-state index in [-0.39, 0.29) is 17.5 Å². The van der Waals surface area contributed by atoms with E-state index in [1.807, 2.05) is 51.1 Å². The van der Waals surface area contributed by atoms with Crippen molar-refractivity contribution in [2.24, 2.45) is 0 Å². The van der Waals surface area contributed by atoms with E-state index in [2.05, 4.69) is 5.32 Å². The molecule has 0 bridgehead atoms. The minimum absolute atomic E-state index is 0.129. The second-order valence-electron chi connectivity index (χ2n) is 7.62. The number of carbonyl (C=O) groups excluding carboxylic acids is 1. The number of carbonyl (C=O) groups is 1. The van der Waals surface area contributed by atoms with E-state index in [1.165, 1.54) is 12.1 Å². The first-order chi connectivity index (χ1) is 15.2. The maximum Gasteiger partial charge on any atom is 0.264 e. The molecule has 7 heteroatoms. The Morgan fingerprint density at radius 2 is 1.62 bits per heavy atom. The maximum absolute atomic E-state index is 13.4. The van der Waals surface area contributed by atoms with Gasteiger partial charge in [0.1, 0.15) is 12.3 Å². The molecule has 0 fully saturated rings. The van der Waals surface area contributed by atoms with Gasteiger partial charge in [0.15, 0.2) is 0 Å². The lowest BCUT2D eigenvalue weighted by Gasteiger charge is -2.26. The van der Waals surface area contributed by atoms with Gasteiger partial charge in [-0.25, -0.2) is 8.42 Å². The molecule has 6 nitrogen and oxygen atoms in total. The first-order valence-electron chi connectivity index (χ1n) is 10.3. The molecule has 3 aromatic rings. The van der Waals surface area contributed by atoms with Crippen molar-refractivity contribution in [3.05, 3.63) is 89.5 Å². The molecule has 0 spiro atoms. The van der Waals surface area contributed by atoms with Gasteiger partial charge in [-0.3, -0.25) is 9.10 Å². The molecule has 0 aromatic heterocycles. The molecule has 0 heterocycles. The molecule has 1 amide bonds. The molecule has 1 N–H and O–H groups in total. The number of aryl methyl sites for hydroxylation is 2. The number of nitrogens with one attached hydrogen (secondary N) is 1. The minimum Gasteiger partial charge on any atom is -0.496 e. The van der Waals surface area contributed by atoms with E-state index in [0.717, 1.165) is 21.0 Å². The first kappa shape index (κ1) is 23.3. The fourth-order valence-corrected chi connectivity index (χ4v) is 4.87.